The van der Waals surface area contributed by atoms with Crippen LogP contribution >= 0.6 is 11.9 Å². The van der Waals surface area contributed by atoms with Crippen LogP contribution in [0.25, 0.3) is 0 Å². The number of ether oxygens (including phenoxy) is 3. The van der Waals surface area contributed by atoms with Crippen molar-refractivity contribution in [3.8, 4) is 0 Å². The summed E-state index contributed by atoms with van der Waals surface area (Å²) in [7, 11) is 0. The van der Waals surface area contributed by atoms with Crippen LogP contribution in [0.5, 0.6) is 0 Å². The lowest BCUT2D eigenvalue weighted by molar-refractivity contribution is -0.139. The topological polar surface area (TPSA) is 208 Å². The molecule has 4 aromatic rings. The van der Waals surface area contributed by atoms with Gasteiger partial charge < -0.3 is 34.2 Å². The van der Waals surface area contributed by atoms with Crippen LogP contribution in [0.15, 0.2) is 121 Å². The largest absolute Gasteiger partial charge is 0.480 e. The minimum atomic E-state index is -1.10. The third-order valence-corrected chi connectivity index (χ3v) is 7.42. The lowest BCUT2D eigenvalue weighted by Gasteiger charge is -2.21. The molecule has 2 atom stereocenters. The molecule has 58 heavy (non-hydrogen) atoms. The Bertz CT molecular complexity index is 1840. The maximum Gasteiger partial charge on any atom is 0.426 e. The Morgan fingerprint density at radius 3 is 1.31 bits per heavy atom. The number of hydrazine groups is 1. The van der Waals surface area contributed by atoms with Crippen LogP contribution in [0.2, 0.25) is 0 Å². The van der Waals surface area contributed by atoms with Crippen molar-refractivity contribution in [2.45, 2.75) is 77.9 Å². The van der Waals surface area contributed by atoms with E-state index in [9.17, 15) is 33.9 Å². The highest BCUT2D eigenvalue weighted by Gasteiger charge is 2.24. The molecule has 15 nitrogen and oxygen atoms in total. The van der Waals surface area contributed by atoms with Crippen LogP contribution in [0.4, 0.5) is 14.4 Å². The number of benzene rings is 4. The van der Waals surface area contributed by atoms with Crippen LogP contribution in [-0.2, 0) is 58.9 Å². The lowest BCUT2D eigenvalue weighted by atomic mass is 10.1. The van der Waals surface area contributed by atoms with Crippen molar-refractivity contribution in [1.82, 2.24) is 21.5 Å². The highest BCUT2D eigenvalue weighted by molar-refractivity contribution is 6.13. The number of nitrogens with one attached hydrogen (secondary N) is 4. The number of carboxylic acids is 1. The van der Waals surface area contributed by atoms with Gasteiger partial charge in [-0.2, -0.15) is 0 Å². The van der Waals surface area contributed by atoms with E-state index in [1.165, 1.54) is 0 Å². The van der Waals surface area contributed by atoms with Crippen LogP contribution in [0.1, 0.15) is 56.4 Å². The maximum atomic E-state index is 12.6. The molecule has 0 fully saturated rings. The van der Waals surface area contributed by atoms with Gasteiger partial charge in [0.2, 0.25) is 0 Å². The number of aliphatic carboxylic acids is 1. The molecule has 0 unspecified atom stereocenters. The molecule has 0 radical (unpaired) electrons. The van der Waals surface area contributed by atoms with Crippen LogP contribution < -0.4 is 21.5 Å². The van der Waals surface area contributed by atoms with Gasteiger partial charge in [-0.15, -0.1) is 0 Å². The number of carbonyl (C=O) groups is 6. The number of alkyl carbamates (subject to hydrolysis) is 2. The zero-order valence-corrected chi connectivity index (χ0v) is 33.4. The van der Waals surface area contributed by atoms with E-state index < -0.39 is 53.8 Å². The highest BCUT2D eigenvalue weighted by Crippen LogP contribution is 2.08. The first kappa shape index (κ1) is 47.5. The fourth-order valence-corrected chi connectivity index (χ4v) is 4.59. The Morgan fingerprint density at radius 1 is 0.586 bits per heavy atom. The summed E-state index contributed by atoms with van der Waals surface area (Å²) < 4.78 is 19.0. The van der Waals surface area contributed by atoms with E-state index in [2.05, 4.69) is 37.6 Å². The molecule has 0 saturated heterocycles. The molecule has 16 heteroatoms. The normalized spacial score (nSPS) is 11.2. The van der Waals surface area contributed by atoms with Crippen LogP contribution in [-0.4, -0.2) is 58.9 Å². The number of hydrogen-bond donors (Lipinski definition) is 5. The van der Waals surface area contributed by atoms with Gasteiger partial charge in [-0.3, -0.25) is 15.0 Å². The van der Waals surface area contributed by atoms with Gasteiger partial charge in [0.05, 0.1) is 0 Å². The van der Waals surface area contributed by atoms with E-state index in [4.69, 9.17) is 14.2 Å². The van der Waals surface area contributed by atoms with E-state index in [-0.39, 0.29) is 26.1 Å². The first-order chi connectivity index (χ1) is 27.7. The van der Waals surface area contributed by atoms with Gasteiger partial charge in [-0.05, 0) is 43.0 Å². The Hall–Kier alpha value is -6.61. The predicted octanol–water partition coefficient (Wildman–Crippen LogP) is 6.78. The van der Waals surface area contributed by atoms with E-state index in [1.54, 1.807) is 27.7 Å². The Morgan fingerprint density at radius 2 is 0.966 bits per heavy atom. The van der Waals surface area contributed by atoms with Gasteiger partial charge in [-0.1, -0.05) is 128 Å². The van der Waals surface area contributed by atoms with Crippen LogP contribution in [0.3, 0.4) is 0 Å². The molecule has 0 bridgehead atoms. The Balaban J connectivity index is 0.000000362. The molecule has 0 aliphatic rings. The quantitative estimate of drug-likeness (QED) is 0.0702. The Labute approximate surface area is 342 Å². The van der Waals surface area contributed by atoms with Crippen molar-refractivity contribution in [2.75, 3.05) is 0 Å². The van der Waals surface area contributed by atoms with E-state index in [1.807, 2.05) is 121 Å². The Kier molecular flexibility index (Phi) is 21.5. The summed E-state index contributed by atoms with van der Waals surface area (Å²) in [5, 5.41) is 14.1. The molecule has 0 aliphatic carbocycles. The monoisotopic (exact) mass is 820 g/mol. The molecular weight excluding hydrogens is 772 g/mol. The van der Waals surface area contributed by atoms with Gasteiger partial charge in [0.1, 0.15) is 42.8 Å². The maximum absolute atomic E-state index is 12.6. The summed E-state index contributed by atoms with van der Waals surface area (Å²) in [5.74, 6) is -2.10. The molecule has 4 aromatic carbocycles. The van der Waals surface area contributed by atoms with Crippen molar-refractivity contribution < 1.29 is 52.4 Å². The molecule has 0 aliphatic heterocycles. The van der Waals surface area contributed by atoms with Crippen molar-refractivity contribution >= 4 is 48.0 Å². The minimum Gasteiger partial charge on any atom is -0.480 e. The third-order valence-electron chi connectivity index (χ3n) is 7.25. The highest BCUT2D eigenvalue weighted by atomic mass is 35.5. The van der Waals surface area contributed by atoms with E-state index in [0.717, 1.165) is 22.3 Å². The summed E-state index contributed by atoms with van der Waals surface area (Å²) in [6.45, 7) is 6.96. The summed E-state index contributed by atoms with van der Waals surface area (Å²) in [6.07, 6.45) is -1.54. The average Bonchev–Trinajstić information content (AvgIpc) is 3.22. The van der Waals surface area contributed by atoms with Gasteiger partial charge in [0.15, 0.2) is 0 Å². The summed E-state index contributed by atoms with van der Waals surface area (Å²) in [5.41, 5.74) is 7.07. The standard InChI is InChI=1S/C22H27N3O5.C17H17NO4.C3H5ClO2/c1-22(2,3)30-21(28)25-24-19(26)18(14-16-10-6-4-7-11-16)23-20(27)29-15-17-12-8-5-9-13-17;19-16(20)15(11-13-7-3-1-4-8-13)18-17(21)22-12-14-9-5-2-6-10-14;1-2-3(5)6-4/h4-13,18H,14-15H2,1-3H3,(H,23,27)(H,24,26)(H,25,28);1-10,15H,11-12H2,(H,18,21)(H,19,20);2H2,1H3/t18-;15-;/m00./s1. The third kappa shape index (κ3) is 21.5. The fourth-order valence-electron chi connectivity index (χ4n) is 4.48. The summed E-state index contributed by atoms with van der Waals surface area (Å²) in [4.78, 5) is 69.4. The zero-order chi connectivity index (χ0) is 42.8. The molecule has 0 heterocycles. The molecule has 0 spiro atoms. The van der Waals surface area contributed by atoms with Gasteiger partial charge in [0, 0.05) is 19.3 Å². The van der Waals surface area contributed by atoms with Crippen molar-refractivity contribution in [3.63, 3.8) is 0 Å². The molecule has 310 valence electrons. The number of rotatable bonds is 13. The smallest absolute Gasteiger partial charge is 0.426 e. The molecule has 0 aromatic heterocycles. The first-order valence-electron chi connectivity index (χ1n) is 18.0. The number of carbonyl (C=O) groups excluding carboxylic acids is 5. The summed E-state index contributed by atoms with van der Waals surface area (Å²) >= 11 is 4.60. The predicted molar refractivity (Wildman–Crippen MR) is 215 cm³/mol. The van der Waals surface area contributed by atoms with Gasteiger partial charge in [-0.25, -0.2) is 24.6 Å². The molecule has 4 amide bonds. The summed E-state index contributed by atoms with van der Waals surface area (Å²) in [6, 6.07) is 34.7. The molecular formula is C42H49ClN4O11. The number of hydrogen-bond acceptors (Lipinski definition) is 10. The molecule has 0 saturated carbocycles. The lowest BCUT2D eigenvalue weighted by Crippen LogP contribution is -2.53. The number of amides is 4. The van der Waals surface area contributed by atoms with E-state index >= 15 is 0 Å². The van der Waals surface area contributed by atoms with E-state index in [0.29, 0.717) is 6.42 Å². The average molecular weight is 821 g/mol. The second kappa shape index (κ2) is 26.3. The number of halogens is 1. The SMILES string of the molecule is CC(C)(C)OC(=O)NNC(=O)[C@H](Cc1ccccc1)NC(=O)OCc1ccccc1.CCC(=O)OCl.O=C(N[C@@H](Cc1ccccc1)C(=O)O)OCc1ccccc1. The molecule has 5 N–H and O–H groups in total. The second-order valence-electron chi connectivity index (χ2n) is 13.2. The van der Waals surface area contributed by atoms with Crippen molar-refractivity contribution in [1.29, 1.82) is 0 Å². The second-order valence-corrected chi connectivity index (χ2v) is 13.3. The van der Waals surface area contributed by atoms with Crippen molar-refractivity contribution in [3.05, 3.63) is 144 Å². The van der Waals surface area contributed by atoms with Gasteiger partial charge >= 0.3 is 30.2 Å². The first-order valence-corrected chi connectivity index (χ1v) is 18.3. The minimum absolute atomic E-state index is 0.0719. The fraction of sp³-hybridized carbons (Fsp3) is 0.286. The van der Waals surface area contributed by atoms with Crippen molar-refractivity contribution in [2.24, 2.45) is 0 Å². The number of carboxylic acid groups (broad SMARTS) is 1. The van der Waals surface area contributed by atoms with Crippen LogP contribution in [0, 0.1) is 0 Å². The molecule has 4 rings (SSSR count). The zero-order valence-electron chi connectivity index (χ0n) is 32.6. The van der Waals surface area contributed by atoms with Gasteiger partial charge in [0.25, 0.3) is 5.91 Å².